The van der Waals surface area contributed by atoms with Crippen molar-refractivity contribution >= 4 is 17.5 Å². The van der Waals surface area contributed by atoms with Crippen molar-refractivity contribution in [3.05, 3.63) is 46.5 Å². The first-order valence-electron chi connectivity index (χ1n) is 6.42. The molecule has 4 heteroatoms. The number of allylic oxidation sites excluding steroid dienone is 1. The summed E-state index contributed by atoms with van der Waals surface area (Å²) in [6, 6.07) is 9.02. The molecule has 1 amide bonds. The van der Waals surface area contributed by atoms with E-state index in [9.17, 15) is 4.79 Å². The molecule has 0 spiro atoms. The Labute approximate surface area is 125 Å². The molecule has 0 aliphatic carbocycles. The van der Waals surface area contributed by atoms with Gasteiger partial charge in [0.25, 0.3) is 5.91 Å². The number of hydrogen-bond acceptors (Lipinski definition) is 2. The van der Waals surface area contributed by atoms with Gasteiger partial charge in [-0.1, -0.05) is 50.6 Å². The quantitative estimate of drug-likeness (QED) is 0.675. The minimum atomic E-state index is -0.357. The molecule has 106 valence electrons. The van der Waals surface area contributed by atoms with Crippen molar-refractivity contribution in [3.8, 4) is 6.07 Å². The normalized spacial score (nSPS) is 13.5. The van der Waals surface area contributed by atoms with Gasteiger partial charge in [-0.25, -0.2) is 0 Å². The van der Waals surface area contributed by atoms with Gasteiger partial charge in [-0.3, -0.25) is 4.79 Å². The summed E-state index contributed by atoms with van der Waals surface area (Å²) < 4.78 is 0. The predicted molar refractivity (Wildman–Crippen MR) is 81.2 cm³/mol. The summed E-state index contributed by atoms with van der Waals surface area (Å²) in [4.78, 5) is 12.1. The highest BCUT2D eigenvalue weighted by Crippen LogP contribution is 2.19. The highest BCUT2D eigenvalue weighted by atomic mass is 35.5. The van der Waals surface area contributed by atoms with Crippen LogP contribution in [0.2, 0.25) is 5.02 Å². The Morgan fingerprint density at radius 1 is 1.35 bits per heavy atom. The Morgan fingerprint density at radius 2 is 1.90 bits per heavy atom. The third-order valence-electron chi connectivity index (χ3n) is 2.66. The minimum Gasteiger partial charge on any atom is -0.345 e. The Kier molecular flexibility index (Phi) is 5.35. The topological polar surface area (TPSA) is 52.9 Å². The van der Waals surface area contributed by atoms with Crippen molar-refractivity contribution in [2.24, 2.45) is 5.41 Å². The Hall–Kier alpha value is -1.79. The summed E-state index contributed by atoms with van der Waals surface area (Å²) in [5.74, 6) is -0.357. The van der Waals surface area contributed by atoms with E-state index in [1.54, 1.807) is 18.2 Å². The van der Waals surface area contributed by atoms with E-state index in [4.69, 9.17) is 16.9 Å². The number of rotatable bonds is 3. The number of amides is 1. The Morgan fingerprint density at radius 3 is 2.35 bits per heavy atom. The molecule has 0 saturated heterocycles. The second-order valence-corrected chi connectivity index (χ2v) is 6.22. The van der Waals surface area contributed by atoms with Crippen molar-refractivity contribution < 1.29 is 4.79 Å². The van der Waals surface area contributed by atoms with Crippen LogP contribution < -0.4 is 5.32 Å². The van der Waals surface area contributed by atoms with Crippen LogP contribution in [-0.2, 0) is 4.79 Å². The monoisotopic (exact) mass is 290 g/mol. The number of nitrogens with zero attached hydrogens (tertiary/aromatic N) is 1. The second kappa shape index (κ2) is 6.58. The van der Waals surface area contributed by atoms with E-state index in [1.165, 1.54) is 0 Å². The largest absolute Gasteiger partial charge is 0.345 e. The predicted octanol–water partition coefficient (Wildman–Crippen LogP) is 4.01. The summed E-state index contributed by atoms with van der Waals surface area (Å²) >= 11 is 5.83. The second-order valence-electron chi connectivity index (χ2n) is 5.78. The molecule has 1 aromatic rings. The van der Waals surface area contributed by atoms with Crippen LogP contribution in [0.5, 0.6) is 0 Å². The zero-order chi connectivity index (χ0) is 15.3. The van der Waals surface area contributed by atoms with Crippen LogP contribution in [0.4, 0.5) is 0 Å². The van der Waals surface area contributed by atoms with Crippen LogP contribution in [0.3, 0.4) is 0 Å². The zero-order valence-corrected chi connectivity index (χ0v) is 13.0. The minimum absolute atomic E-state index is 0.137. The fraction of sp³-hybridized carbons (Fsp3) is 0.375. The van der Waals surface area contributed by atoms with Crippen LogP contribution in [0.25, 0.3) is 0 Å². The van der Waals surface area contributed by atoms with Gasteiger partial charge in [0.15, 0.2) is 0 Å². The van der Waals surface area contributed by atoms with E-state index < -0.39 is 0 Å². The smallest absolute Gasteiger partial charge is 0.262 e. The molecule has 0 saturated carbocycles. The van der Waals surface area contributed by atoms with E-state index in [0.29, 0.717) is 5.02 Å². The first kappa shape index (κ1) is 16.3. The lowest BCUT2D eigenvalue weighted by Crippen LogP contribution is -2.28. The van der Waals surface area contributed by atoms with Crippen molar-refractivity contribution in [3.63, 3.8) is 0 Å². The molecule has 0 aliphatic rings. The number of halogens is 1. The molecule has 0 radical (unpaired) electrons. The lowest BCUT2D eigenvalue weighted by molar-refractivity contribution is -0.117. The summed E-state index contributed by atoms with van der Waals surface area (Å²) in [7, 11) is 0. The molecule has 0 aromatic heterocycles. The number of benzene rings is 1. The lowest BCUT2D eigenvalue weighted by Gasteiger charge is -2.16. The maximum atomic E-state index is 12.1. The highest BCUT2D eigenvalue weighted by molar-refractivity contribution is 6.30. The van der Waals surface area contributed by atoms with E-state index >= 15 is 0 Å². The van der Waals surface area contributed by atoms with Crippen LogP contribution in [0.15, 0.2) is 35.9 Å². The SMILES string of the molecule is CC(NC(=O)/C(C#N)=C/C(C)(C)C)c1ccc(Cl)cc1. The number of nitrogens with one attached hydrogen (secondary N) is 1. The molecular weight excluding hydrogens is 272 g/mol. The van der Waals surface area contributed by atoms with Crippen LogP contribution >= 0.6 is 11.6 Å². The van der Waals surface area contributed by atoms with Crippen molar-refractivity contribution in [1.29, 1.82) is 5.26 Å². The molecule has 1 N–H and O–H groups in total. The summed E-state index contributed by atoms with van der Waals surface area (Å²) in [5.41, 5.74) is 0.862. The average molecular weight is 291 g/mol. The standard InChI is InChI=1S/C16H19ClN2O/c1-11(12-5-7-14(17)8-6-12)19-15(20)13(10-18)9-16(2,3)4/h5-9,11H,1-4H3,(H,19,20)/b13-9+. The molecule has 0 aliphatic heterocycles. The van der Waals surface area contributed by atoms with Gasteiger partial charge in [0.05, 0.1) is 6.04 Å². The van der Waals surface area contributed by atoms with Crippen LogP contribution in [0, 0.1) is 16.7 Å². The first-order chi connectivity index (χ1) is 9.23. The summed E-state index contributed by atoms with van der Waals surface area (Å²) in [5, 5.41) is 12.6. The number of hydrogen-bond donors (Lipinski definition) is 1. The van der Waals surface area contributed by atoms with Crippen molar-refractivity contribution in [2.45, 2.75) is 33.7 Å². The third-order valence-corrected chi connectivity index (χ3v) is 2.91. The molecule has 3 nitrogen and oxygen atoms in total. The highest BCUT2D eigenvalue weighted by Gasteiger charge is 2.17. The molecule has 1 rings (SSSR count). The summed E-state index contributed by atoms with van der Waals surface area (Å²) in [6.07, 6.45) is 1.68. The van der Waals surface area contributed by atoms with E-state index in [-0.39, 0.29) is 22.9 Å². The maximum absolute atomic E-state index is 12.1. The van der Waals surface area contributed by atoms with Gasteiger partial charge in [0.1, 0.15) is 11.6 Å². The lowest BCUT2D eigenvalue weighted by atomic mass is 9.93. The van der Waals surface area contributed by atoms with E-state index in [2.05, 4.69) is 5.32 Å². The molecule has 1 unspecified atom stereocenters. The molecular formula is C16H19ClN2O. The van der Waals surface area contributed by atoms with Gasteiger partial charge in [-0.05, 0) is 30.0 Å². The number of carbonyl (C=O) groups is 1. The number of carbonyl (C=O) groups excluding carboxylic acids is 1. The van der Waals surface area contributed by atoms with Gasteiger partial charge in [-0.15, -0.1) is 0 Å². The molecule has 20 heavy (non-hydrogen) atoms. The van der Waals surface area contributed by atoms with Gasteiger partial charge in [-0.2, -0.15) is 5.26 Å². The van der Waals surface area contributed by atoms with Crippen LogP contribution in [0.1, 0.15) is 39.3 Å². The Balaban J connectivity index is 2.82. The van der Waals surface area contributed by atoms with Gasteiger partial charge in [0, 0.05) is 5.02 Å². The molecule has 0 fully saturated rings. The van der Waals surface area contributed by atoms with E-state index in [0.717, 1.165) is 5.56 Å². The fourth-order valence-electron chi connectivity index (χ4n) is 1.69. The maximum Gasteiger partial charge on any atom is 0.262 e. The number of nitriles is 1. The average Bonchev–Trinajstić information content (AvgIpc) is 2.35. The first-order valence-corrected chi connectivity index (χ1v) is 6.80. The molecule has 1 atom stereocenters. The van der Waals surface area contributed by atoms with Gasteiger partial charge in [0.2, 0.25) is 0 Å². The van der Waals surface area contributed by atoms with Gasteiger partial charge >= 0.3 is 0 Å². The molecule has 0 heterocycles. The third kappa shape index (κ3) is 5.07. The molecule has 0 bridgehead atoms. The van der Waals surface area contributed by atoms with Gasteiger partial charge < -0.3 is 5.32 Å². The van der Waals surface area contributed by atoms with Crippen molar-refractivity contribution in [2.75, 3.05) is 0 Å². The van der Waals surface area contributed by atoms with E-state index in [1.807, 2.05) is 45.9 Å². The summed E-state index contributed by atoms with van der Waals surface area (Å²) in [6.45, 7) is 7.70. The fourth-order valence-corrected chi connectivity index (χ4v) is 1.82. The zero-order valence-electron chi connectivity index (χ0n) is 12.2. The van der Waals surface area contributed by atoms with Crippen LogP contribution in [-0.4, -0.2) is 5.91 Å². The van der Waals surface area contributed by atoms with Crippen molar-refractivity contribution in [1.82, 2.24) is 5.32 Å². The molecule has 1 aromatic carbocycles. The Bertz CT molecular complexity index is 547.